The zero-order chi connectivity index (χ0) is 16.1. The fourth-order valence-electron chi connectivity index (χ4n) is 2.09. The molecule has 1 heterocycles. The predicted octanol–water partition coefficient (Wildman–Crippen LogP) is 4.73. The molecule has 0 saturated carbocycles. The first kappa shape index (κ1) is 15.3. The molecule has 0 unspecified atom stereocenters. The molecule has 0 fully saturated rings. The third-order valence-electron chi connectivity index (χ3n) is 3.13. The summed E-state index contributed by atoms with van der Waals surface area (Å²) in [6.07, 6.45) is 1.51. The Hall–Kier alpha value is -2.60. The maximum atomic E-state index is 5.33. The monoisotopic (exact) mass is 370 g/mol. The van der Waals surface area contributed by atoms with Gasteiger partial charge < -0.3 is 15.4 Å². The molecular weight excluding hydrogens is 356 g/mol. The highest BCUT2D eigenvalue weighted by Gasteiger charge is 2.04. The Labute approximate surface area is 142 Å². The fourth-order valence-corrected chi connectivity index (χ4v) is 2.49. The lowest BCUT2D eigenvalue weighted by Gasteiger charge is -2.11. The van der Waals surface area contributed by atoms with E-state index in [0.717, 1.165) is 21.6 Å². The maximum Gasteiger partial charge on any atom is 0.142 e. The van der Waals surface area contributed by atoms with Crippen molar-refractivity contribution in [2.75, 3.05) is 17.7 Å². The molecule has 5 nitrogen and oxygen atoms in total. The molecule has 2 aromatic carbocycles. The van der Waals surface area contributed by atoms with Gasteiger partial charge >= 0.3 is 0 Å². The van der Waals surface area contributed by atoms with E-state index >= 15 is 0 Å². The van der Waals surface area contributed by atoms with E-state index in [0.29, 0.717) is 11.6 Å². The average molecular weight is 371 g/mol. The first-order valence-corrected chi connectivity index (χ1v) is 7.78. The Kier molecular flexibility index (Phi) is 4.73. The molecule has 0 aliphatic rings. The van der Waals surface area contributed by atoms with E-state index in [1.165, 1.54) is 6.33 Å². The number of hydrogen-bond donors (Lipinski definition) is 2. The smallest absolute Gasteiger partial charge is 0.142 e. The predicted molar refractivity (Wildman–Crippen MR) is 95.7 cm³/mol. The van der Waals surface area contributed by atoms with E-state index in [9.17, 15) is 0 Å². The number of aromatic nitrogens is 2. The van der Waals surface area contributed by atoms with Crippen LogP contribution in [0.2, 0.25) is 0 Å². The van der Waals surface area contributed by atoms with Gasteiger partial charge in [0.2, 0.25) is 0 Å². The number of halogens is 1. The van der Waals surface area contributed by atoms with E-state index in [4.69, 9.17) is 4.74 Å². The number of methoxy groups -OCH3 is 1. The van der Waals surface area contributed by atoms with Crippen LogP contribution >= 0.6 is 15.9 Å². The van der Waals surface area contributed by atoms with Crippen molar-refractivity contribution in [3.63, 3.8) is 0 Å². The molecule has 0 amide bonds. The standard InChI is InChI=1S/C17H15BrN4O/c1-23-15-8-3-2-7-14(15)22-17-10-16(19-11-20-17)21-13-6-4-5-12(18)9-13/h2-11H,1H3,(H2,19,20,21,22). The van der Waals surface area contributed by atoms with Crippen molar-refractivity contribution >= 4 is 38.9 Å². The van der Waals surface area contributed by atoms with Crippen molar-refractivity contribution in [3.8, 4) is 5.75 Å². The highest BCUT2D eigenvalue weighted by molar-refractivity contribution is 9.10. The number of nitrogens with zero attached hydrogens (tertiary/aromatic N) is 2. The van der Waals surface area contributed by atoms with Gasteiger partial charge in [0.05, 0.1) is 12.8 Å². The summed E-state index contributed by atoms with van der Waals surface area (Å²) in [6, 6.07) is 17.4. The summed E-state index contributed by atoms with van der Waals surface area (Å²) in [5.74, 6) is 2.14. The van der Waals surface area contributed by atoms with Crippen LogP contribution in [0.3, 0.4) is 0 Å². The van der Waals surface area contributed by atoms with Crippen LogP contribution in [0.15, 0.2) is 65.4 Å². The van der Waals surface area contributed by atoms with E-state index < -0.39 is 0 Å². The molecule has 3 aromatic rings. The SMILES string of the molecule is COc1ccccc1Nc1cc(Nc2cccc(Br)c2)ncn1. The van der Waals surface area contributed by atoms with Crippen LogP contribution in [-0.2, 0) is 0 Å². The van der Waals surface area contributed by atoms with Crippen LogP contribution in [0, 0.1) is 0 Å². The van der Waals surface area contributed by atoms with Crippen molar-refractivity contribution in [2.24, 2.45) is 0 Å². The van der Waals surface area contributed by atoms with Crippen molar-refractivity contribution in [2.45, 2.75) is 0 Å². The van der Waals surface area contributed by atoms with Crippen LogP contribution < -0.4 is 15.4 Å². The zero-order valence-electron chi connectivity index (χ0n) is 12.5. The Morgan fingerprint density at radius 1 is 0.913 bits per heavy atom. The highest BCUT2D eigenvalue weighted by atomic mass is 79.9. The summed E-state index contributed by atoms with van der Waals surface area (Å²) >= 11 is 3.45. The minimum absolute atomic E-state index is 0.682. The number of ether oxygens (including phenoxy) is 1. The Bertz CT molecular complexity index is 810. The summed E-state index contributed by atoms with van der Waals surface area (Å²) in [6.45, 7) is 0. The Balaban J connectivity index is 1.80. The molecule has 6 heteroatoms. The van der Waals surface area contributed by atoms with Gasteiger partial charge in [-0.25, -0.2) is 9.97 Å². The van der Waals surface area contributed by atoms with Gasteiger partial charge in [-0.15, -0.1) is 0 Å². The molecule has 23 heavy (non-hydrogen) atoms. The molecule has 0 spiro atoms. The molecule has 0 aliphatic carbocycles. The summed E-state index contributed by atoms with van der Waals surface area (Å²) in [7, 11) is 1.64. The summed E-state index contributed by atoms with van der Waals surface area (Å²) in [4.78, 5) is 8.48. The average Bonchev–Trinajstić information content (AvgIpc) is 2.56. The third-order valence-corrected chi connectivity index (χ3v) is 3.63. The molecule has 0 aliphatic heterocycles. The lowest BCUT2D eigenvalue weighted by atomic mass is 10.3. The topological polar surface area (TPSA) is 59.1 Å². The van der Waals surface area contributed by atoms with Crippen LogP contribution in [0.1, 0.15) is 0 Å². The number of nitrogens with one attached hydrogen (secondary N) is 2. The second-order valence-electron chi connectivity index (χ2n) is 4.75. The van der Waals surface area contributed by atoms with Crippen molar-refractivity contribution in [1.29, 1.82) is 0 Å². The van der Waals surface area contributed by atoms with Crippen molar-refractivity contribution < 1.29 is 4.74 Å². The van der Waals surface area contributed by atoms with Crippen LogP contribution in [0.4, 0.5) is 23.0 Å². The first-order valence-electron chi connectivity index (χ1n) is 6.99. The van der Waals surface area contributed by atoms with Crippen LogP contribution in [0.25, 0.3) is 0 Å². The number of benzene rings is 2. The maximum absolute atomic E-state index is 5.33. The van der Waals surface area contributed by atoms with Gasteiger partial charge in [0.25, 0.3) is 0 Å². The summed E-state index contributed by atoms with van der Waals surface area (Å²) in [5, 5.41) is 6.48. The van der Waals surface area contributed by atoms with Crippen molar-refractivity contribution in [3.05, 3.63) is 65.4 Å². The van der Waals surface area contributed by atoms with Gasteiger partial charge in [-0.1, -0.05) is 34.1 Å². The second-order valence-corrected chi connectivity index (χ2v) is 5.66. The number of anilines is 4. The number of rotatable bonds is 5. The molecule has 1 aromatic heterocycles. The molecule has 116 valence electrons. The van der Waals surface area contributed by atoms with Gasteiger partial charge in [0.1, 0.15) is 23.7 Å². The fraction of sp³-hybridized carbons (Fsp3) is 0.0588. The lowest BCUT2D eigenvalue weighted by molar-refractivity contribution is 0.417. The summed E-state index contributed by atoms with van der Waals surface area (Å²) < 4.78 is 6.33. The molecular formula is C17H15BrN4O. The second kappa shape index (κ2) is 7.11. The minimum atomic E-state index is 0.682. The van der Waals surface area contributed by atoms with E-state index in [-0.39, 0.29) is 0 Å². The van der Waals surface area contributed by atoms with Crippen LogP contribution in [-0.4, -0.2) is 17.1 Å². The molecule has 0 saturated heterocycles. The van der Waals surface area contributed by atoms with Crippen LogP contribution in [0.5, 0.6) is 5.75 Å². The quantitative estimate of drug-likeness (QED) is 0.679. The zero-order valence-corrected chi connectivity index (χ0v) is 14.0. The Morgan fingerprint density at radius 3 is 2.48 bits per heavy atom. The largest absolute Gasteiger partial charge is 0.495 e. The minimum Gasteiger partial charge on any atom is -0.495 e. The summed E-state index contributed by atoms with van der Waals surface area (Å²) in [5.41, 5.74) is 1.79. The third kappa shape index (κ3) is 3.98. The molecule has 3 rings (SSSR count). The van der Waals surface area contributed by atoms with Crippen molar-refractivity contribution in [1.82, 2.24) is 9.97 Å². The van der Waals surface area contributed by atoms with Gasteiger partial charge in [-0.2, -0.15) is 0 Å². The first-order chi connectivity index (χ1) is 11.2. The van der Waals surface area contributed by atoms with E-state index in [1.807, 2.05) is 54.6 Å². The van der Waals surface area contributed by atoms with Gasteiger partial charge in [-0.05, 0) is 30.3 Å². The molecule has 0 bridgehead atoms. The Morgan fingerprint density at radius 2 is 1.70 bits per heavy atom. The van der Waals surface area contributed by atoms with E-state index in [1.54, 1.807) is 7.11 Å². The molecule has 2 N–H and O–H groups in total. The number of para-hydroxylation sites is 2. The van der Waals surface area contributed by atoms with Gasteiger partial charge in [-0.3, -0.25) is 0 Å². The normalized spacial score (nSPS) is 10.2. The van der Waals surface area contributed by atoms with Gasteiger partial charge in [0.15, 0.2) is 0 Å². The highest BCUT2D eigenvalue weighted by Crippen LogP contribution is 2.27. The number of hydrogen-bond acceptors (Lipinski definition) is 5. The van der Waals surface area contributed by atoms with Gasteiger partial charge in [0, 0.05) is 16.2 Å². The molecule has 0 atom stereocenters. The molecule has 0 radical (unpaired) electrons. The lowest BCUT2D eigenvalue weighted by Crippen LogP contribution is -1.99. The van der Waals surface area contributed by atoms with E-state index in [2.05, 4.69) is 36.5 Å².